The lowest BCUT2D eigenvalue weighted by Crippen LogP contribution is -2.04. The topological polar surface area (TPSA) is 39.9 Å². The minimum atomic E-state index is 0.498. The first-order chi connectivity index (χ1) is 7.81. The summed E-state index contributed by atoms with van der Waals surface area (Å²) in [6.45, 7) is 3.47. The van der Waals surface area contributed by atoms with Crippen LogP contribution in [0.25, 0.3) is 0 Å². The molecule has 0 aromatic carbocycles. The lowest BCUT2D eigenvalue weighted by atomic mass is 10.4. The summed E-state index contributed by atoms with van der Waals surface area (Å²) in [6.07, 6.45) is 5.33. The van der Waals surface area contributed by atoms with Crippen LogP contribution in [0, 0.1) is 0 Å². The molecule has 0 aliphatic carbocycles. The molecule has 0 atom stereocenters. The van der Waals surface area contributed by atoms with Gasteiger partial charge in [-0.15, -0.1) is 0 Å². The van der Waals surface area contributed by atoms with E-state index in [4.69, 9.17) is 4.74 Å². The van der Waals surface area contributed by atoms with Crippen LogP contribution in [0.1, 0.15) is 12.6 Å². The van der Waals surface area contributed by atoms with Crippen LogP contribution < -0.4 is 4.74 Å². The van der Waals surface area contributed by atoms with Crippen LogP contribution in [0.5, 0.6) is 5.75 Å². The first kappa shape index (κ1) is 11.1. The van der Waals surface area contributed by atoms with Crippen molar-refractivity contribution < 1.29 is 4.74 Å². The van der Waals surface area contributed by atoms with Gasteiger partial charge in [0.05, 0.1) is 18.2 Å². The summed E-state index contributed by atoms with van der Waals surface area (Å²) in [6, 6.07) is 3.72. The van der Waals surface area contributed by atoms with Gasteiger partial charge in [-0.05, 0) is 35.0 Å². The quantitative estimate of drug-likeness (QED) is 0.809. The molecule has 0 fully saturated rings. The van der Waals surface area contributed by atoms with Crippen molar-refractivity contribution >= 4 is 15.9 Å². The predicted octanol–water partition coefficient (Wildman–Crippen LogP) is 2.64. The van der Waals surface area contributed by atoms with Crippen molar-refractivity contribution in [2.45, 2.75) is 20.1 Å². The molecule has 0 radical (unpaired) electrons. The highest BCUT2D eigenvalue weighted by molar-refractivity contribution is 9.10. The Labute approximate surface area is 102 Å². The van der Waals surface area contributed by atoms with E-state index in [0.717, 1.165) is 22.6 Å². The van der Waals surface area contributed by atoms with Crippen LogP contribution in [0.3, 0.4) is 0 Å². The third-order valence-electron chi connectivity index (χ3n) is 2.24. The van der Waals surface area contributed by atoms with E-state index in [1.165, 1.54) is 0 Å². The Morgan fingerprint density at radius 3 is 3.12 bits per heavy atom. The van der Waals surface area contributed by atoms with Crippen molar-refractivity contribution in [3.63, 3.8) is 0 Å². The first-order valence-electron chi connectivity index (χ1n) is 5.03. The average Bonchev–Trinajstić information content (AvgIpc) is 2.75. The largest absolute Gasteiger partial charge is 0.484 e. The molecule has 84 valence electrons. The Morgan fingerprint density at radius 1 is 1.50 bits per heavy atom. The minimum absolute atomic E-state index is 0.498. The van der Waals surface area contributed by atoms with E-state index in [-0.39, 0.29) is 0 Å². The molecular weight excluding hydrogens is 270 g/mol. The van der Waals surface area contributed by atoms with E-state index < -0.39 is 0 Å². The number of halogens is 1. The fraction of sp³-hybridized carbons (Fsp3) is 0.273. The van der Waals surface area contributed by atoms with Gasteiger partial charge in [-0.2, -0.15) is 0 Å². The van der Waals surface area contributed by atoms with Gasteiger partial charge < -0.3 is 9.30 Å². The molecule has 2 heterocycles. The van der Waals surface area contributed by atoms with Crippen molar-refractivity contribution in [1.29, 1.82) is 0 Å². The number of ether oxygens (including phenoxy) is 1. The predicted molar refractivity (Wildman–Crippen MR) is 64.2 cm³/mol. The number of pyridine rings is 1. The number of hydrogen-bond acceptors (Lipinski definition) is 3. The number of hydrogen-bond donors (Lipinski definition) is 0. The van der Waals surface area contributed by atoms with Gasteiger partial charge in [-0.3, -0.25) is 0 Å². The zero-order valence-corrected chi connectivity index (χ0v) is 10.5. The SMILES string of the molecule is CCn1cncc1COc1cccnc1Br. The molecule has 5 heteroatoms. The molecular formula is C11H12BrN3O. The zero-order chi connectivity index (χ0) is 11.4. The summed E-state index contributed by atoms with van der Waals surface area (Å²) >= 11 is 3.34. The summed E-state index contributed by atoms with van der Waals surface area (Å²) in [7, 11) is 0. The number of aromatic nitrogens is 3. The van der Waals surface area contributed by atoms with E-state index >= 15 is 0 Å². The Kier molecular flexibility index (Phi) is 3.56. The molecule has 4 nitrogen and oxygen atoms in total. The van der Waals surface area contributed by atoms with E-state index in [1.807, 2.05) is 22.9 Å². The summed E-state index contributed by atoms with van der Waals surface area (Å²) in [4.78, 5) is 8.17. The molecule has 0 saturated heterocycles. The van der Waals surface area contributed by atoms with Crippen LogP contribution in [0.2, 0.25) is 0 Å². The maximum Gasteiger partial charge on any atom is 0.152 e. The number of aryl methyl sites for hydroxylation is 1. The van der Waals surface area contributed by atoms with E-state index in [1.54, 1.807) is 12.5 Å². The Hall–Kier alpha value is -1.36. The molecule has 0 aliphatic heterocycles. The summed E-state index contributed by atoms with van der Waals surface area (Å²) in [5, 5.41) is 0. The molecule has 0 bridgehead atoms. The highest BCUT2D eigenvalue weighted by Crippen LogP contribution is 2.21. The summed E-state index contributed by atoms with van der Waals surface area (Å²) in [5.41, 5.74) is 1.05. The van der Waals surface area contributed by atoms with Gasteiger partial charge in [0.25, 0.3) is 0 Å². The zero-order valence-electron chi connectivity index (χ0n) is 8.93. The smallest absolute Gasteiger partial charge is 0.152 e. The van der Waals surface area contributed by atoms with Crippen LogP contribution >= 0.6 is 15.9 Å². The lowest BCUT2D eigenvalue weighted by Gasteiger charge is -2.08. The second-order valence-electron chi connectivity index (χ2n) is 3.25. The number of imidazole rings is 1. The van der Waals surface area contributed by atoms with Gasteiger partial charge >= 0.3 is 0 Å². The molecule has 0 aliphatic rings. The molecule has 0 unspecified atom stereocenters. The van der Waals surface area contributed by atoms with Gasteiger partial charge in [-0.1, -0.05) is 0 Å². The van der Waals surface area contributed by atoms with Gasteiger partial charge in [0.1, 0.15) is 11.2 Å². The second-order valence-corrected chi connectivity index (χ2v) is 4.00. The molecule has 0 amide bonds. The van der Waals surface area contributed by atoms with E-state index in [2.05, 4.69) is 32.8 Å². The monoisotopic (exact) mass is 281 g/mol. The molecule has 0 N–H and O–H groups in total. The van der Waals surface area contributed by atoms with E-state index in [9.17, 15) is 0 Å². The first-order valence-corrected chi connectivity index (χ1v) is 5.83. The Bertz CT molecular complexity index is 470. The third kappa shape index (κ3) is 2.41. The van der Waals surface area contributed by atoms with Gasteiger partial charge in [0.2, 0.25) is 0 Å². The van der Waals surface area contributed by atoms with E-state index in [0.29, 0.717) is 6.61 Å². The fourth-order valence-electron chi connectivity index (χ4n) is 1.38. The Morgan fingerprint density at radius 2 is 2.38 bits per heavy atom. The molecule has 16 heavy (non-hydrogen) atoms. The van der Waals surface area contributed by atoms with Gasteiger partial charge in [0.15, 0.2) is 5.75 Å². The normalized spacial score (nSPS) is 10.4. The number of nitrogens with zero attached hydrogens (tertiary/aromatic N) is 3. The van der Waals surface area contributed by atoms with Crippen molar-refractivity contribution in [3.8, 4) is 5.75 Å². The van der Waals surface area contributed by atoms with Crippen LogP contribution in [-0.4, -0.2) is 14.5 Å². The maximum atomic E-state index is 5.65. The highest BCUT2D eigenvalue weighted by atomic mass is 79.9. The van der Waals surface area contributed by atoms with Crippen molar-refractivity contribution in [2.24, 2.45) is 0 Å². The second kappa shape index (κ2) is 5.12. The highest BCUT2D eigenvalue weighted by Gasteiger charge is 2.04. The molecule has 2 aromatic heterocycles. The standard InChI is InChI=1S/C11H12BrN3O/c1-2-15-8-13-6-9(15)7-16-10-4-3-5-14-11(10)12/h3-6,8H,2,7H2,1H3. The molecule has 2 aromatic rings. The third-order valence-corrected chi connectivity index (χ3v) is 2.84. The van der Waals surface area contributed by atoms with Crippen LogP contribution in [-0.2, 0) is 13.2 Å². The number of rotatable bonds is 4. The van der Waals surface area contributed by atoms with Crippen LogP contribution in [0.15, 0.2) is 35.5 Å². The minimum Gasteiger partial charge on any atom is -0.484 e. The summed E-state index contributed by atoms with van der Waals surface area (Å²) < 4.78 is 8.42. The maximum absolute atomic E-state index is 5.65. The van der Waals surface area contributed by atoms with Gasteiger partial charge in [-0.25, -0.2) is 9.97 Å². The summed E-state index contributed by atoms with van der Waals surface area (Å²) in [5.74, 6) is 0.742. The van der Waals surface area contributed by atoms with Crippen molar-refractivity contribution in [2.75, 3.05) is 0 Å². The van der Waals surface area contributed by atoms with Gasteiger partial charge in [0, 0.05) is 12.7 Å². The Balaban J connectivity index is 2.05. The fourth-order valence-corrected chi connectivity index (χ4v) is 1.75. The van der Waals surface area contributed by atoms with Crippen LogP contribution in [0.4, 0.5) is 0 Å². The molecule has 2 rings (SSSR count). The molecule has 0 spiro atoms. The average molecular weight is 282 g/mol. The van der Waals surface area contributed by atoms with Crippen molar-refractivity contribution in [3.05, 3.63) is 41.2 Å². The van der Waals surface area contributed by atoms with Crippen molar-refractivity contribution in [1.82, 2.24) is 14.5 Å². The lowest BCUT2D eigenvalue weighted by molar-refractivity contribution is 0.292. The molecule has 0 saturated carbocycles.